The van der Waals surface area contributed by atoms with E-state index < -0.39 is 0 Å². The molecule has 0 aromatic heterocycles. The Morgan fingerprint density at radius 3 is 2.52 bits per heavy atom. The van der Waals surface area contributed by atoms with E-state index in [-0.39, 0.29) is 16.2 Å². The Hall–Kier alpha value is -0.670. The number of benzene rings is 1. The zero-order valence-electron chi connectivity index (χ0n) is 13.4. The number of rotatable bonds is 5. The second-order valence-electron chi connectivity index (χ2n) is 7.81. The van der Waals surface area contributed by atoms with Crippen LogP contribution in [0.1, 0.15) is 38.5 Å². The Labute approximate surface area is 147 Å². The third-order valence-electron chi connectivity index (χ3n) is 5.87. The molecule has 4 aliphatic carbocycles. The van der Waals surface area contributed by atoms with Crippen LogP contribution < -0.4 is 5.32 Å². The first-order valence-electron chi connectivity index (χ1n) is 8.72. The maximum absolute atomic E-state index is 12.9. The molecule has 0 heterocycles. The van der Waals surface area contributed by atoms with E-state index in [0.29, 0.717) is 11.8 Å². The van der Waals surface area contributed by atoms with Crippen molar-refractivity contribution in [1.29, 1.82) is 0 Å². The van der Waals surface area contributed by atoms with E-state index in [9.17, 15) is 4.79 Å². The van der Waals surface area contributed by atoms with Gasteiger partial charge in [0.05, 0.1) is 5.41 Å². The summed E-state index contributed by atoms with van der Waals surface area (Å²) in [6.45, 7) is 0.741. The summed E-state index contributed by atoms with van der Waals surface area (Å²) in [5.41, 5.74) is -0.163. The Kier molecular flexibility index (Phi) is 4.13. The molecule has 4 aliphatic rings. The van der Waals surface area contributed by atoms with E-state index in [1.807, 2.05) is 6.07 Å². The van der Waals surface area contributed by atoms with Gasteiger partial charge in [-0.25, -0.2) is 0 Å². The lowest BCUT2D eigenvalue weighted by Gasteiger charge is -2.59. The van der Waals surface area contributed by atoms with Crippen LogP contribution in [0.3, 0.4) is 0 Å². The second-order valence-corrected chi connectivity index (χ2v) is 9.78. The normalized spacial score (nSPS) is 37.8. The Bertz CT molecular complexity index is 576. The number of thioether (sulfide) groups is 1. The zero-order chi connectivity index (χ0) is 15.9. The third kappa shape index (κ3) is 3.15. The minimum atomic E-state index is -0.163. The molecule has 0 saturated heterocycles. The zero-order valence-corrected chi connectivity index (χ0v) is 15.0. The van der Waals surface area contributed by atoms with Crippen LogP contribution in [-0.2, 0) is 4.79 Å². The van der Waals surface area contributed by atoms with Gasteiger partial charge in [-0.2, -0.15) is 0 Å². The molecule has 5 rings (SSSR count). The van der Waals surface area contributed by atoms with E-state index in [1.165, 1.54) is 11.3 Å². The minimum Gasteiger partial charge on any atom is -0.355 e. The number of nitrogens with one attached hydrogen (secondary N) is 1. The van der Waals surface area contributed by atoms with Gasteiger partial charge in [-0.15, -0.1) is 23.4 Å². The lowest BCUT2D eigenvalue weighted by Crippen LogP contribution is -2.58. The number of alkyl halides is 1. The molecule has 4 saturated carbocycles. The predicted molar refractivity (Wildman–Crippen MR) is 95.9 cm³/mol. The van der Waals surface area contributed by atoms with Gasteiger partial charge in [0.25, 0.3) is 0 Å². The molecule has 23 heavy (non-hydrogen) atoms. The van der Waals surface area contributed by atoms with Gasteiger partial charge < -0.3 is 5.32 Å². The maximum Gasteiger partial charge on any atom is 0.226 e. The number of amides is 1. The van der Waals surface area contributed by atoms with Crippen LogP contribution in [0.5, 0.6) is 0 Å². The summed E-state index contributed by atoms with van der Waals surface area (Å²) < 4.78 is 0. The van der Waals surface area contributed by atoms with Crippen molar-refractivity contribution >= 4 is 29.3 Å². The fourth-order valence-corrected chi connectivity index (χ4v) is 6.94. The number of carbonyl (C=O) groups excluding carboxylic acids is 1. The maximum atomic E-state index is 12.9. The second kappa shape index (κ2) is 6.00. The molecule has 0 spiro atoms. The molecule has 2 atom stereocenters. The van der Waals surface area contributed by atoms with E-state index in [2.05, 4.69) is 29.6 Å². The van der Waals surface area contributed by atoms with Crippen LogP contribution >= 0.6 is 23.4 Å². The Morgan fingerprint density at radius 2 is 1.87 bits per heavy atom. The summed E-state index contributed by atoms with van der Waals surface area (Å²) in [4.78, 5) is 14.0. The summed E-state index contributed by atoms with van der Waals surface area (Å²) in [7, 11) is 0. The quantitative estimate of drug-likeness (QED) is 0.482. The highest BCUT2D eigenvalue weighted by atomic mass is 35.5. The summed E-state index contributed by atoms with van der Waals surface area (Å²) in [5.74, 6) is 2.55. The number of halogens is 1. The molecule has 4 bridgehead atoms. The van der Waals surface area contributed by atoms with Crippen molar-refractivity contribution in [2.24, 2.45) is 17.3 Å². The van der Waals surface area contributed by atoms with E-state index in [0.717, 1.165) is 44.4 Å². The molecular formula is C19H24ClNOS. The molecule has 4 heteroatoms. The standard InChI is InChI=1S/C19H24ClNOS/c20-19-11-14-8-15(12-19)10-18(9-14,13-19)17(22)21-6-7-23-16-4-2-1-3-5-16/h1-5,14-15H,6-13H2,(H,21,22)/t14-,15-,18?,19?/m1/s1. The van der Waals surface area contributed by atoms with Crippen LogP contribution in [0.15, 0.2) is 35.2 Å². The van der Waals surface area contributed by atoms with Crippen molar-refractivity contribution in [2.75, 3.05) is 12.3 Å². The van der Waals surface area contributed by atoms with Crippen molar-refractivity contribution in [3.63, 3.8) is 0 Å². The van der Waals surface area contributed by atoms with Gasteiger partial charge in [0.15, 0.2) is 0 Å². The molecule has 1 aromatic carbocycles. The SMILES string of the molecule is O=C(NCCSc1ccccc1)C12C[C@H]3C[C@@H](CC(Cl)(C3)C1)C2. The molecule has 124 valence electrons. The van der Waals surface area contributed by atoms with E-state index in [4.69, 9.17) is 11.6 Å². The molecule has 2 nitrogen and oxygen atoms in total. The molecule has 0 aliphatic heterocycles. The lowest BCUT2D eigenvalue weighted by molar-refractivity contribution is -0.144. The largest absolute Gasteiger partial charge is 0.355 e. The van der Waals surface area contributed by atoms with Gasteiger partial charge in [-0.1, -0.05) is 18.2 Å². The van der Waals surface area contributed by atoms with Crippen molar-refractivity contribution in [3.05, 3.63) is 30.3 Å². The fraction of sp³-hybridized carbons (Fsp3) is 0.632. The minimum absolute atomic E-state index is 0.0831. The molecule has 1 N–H and O–H groups in total. The van der Waals surface area contributed by atoms with Crippen molar-refractivity contribution in [1.82, 2.24) is 5.32 Å². The first-order chi connectivity index (χ1) is 11.1. The molecule has 4 fully saturated rings. The van der Waals surface area contributed by atoms with Crippen molar-refractivity contribution < 1.29 is 4.79 Å². The van der Waals surface area contributed by atoms with Gasteiger partial charge >= 0.3 is 0 Å². The summed E-state index contributed by atoms with van der Waals surface area (Å²) >= 11 is 8.62. The molecule has 0 radical (unpaired) electrons. The summed E-state index contributed by atoms with van der Waals surface area (Å²) in [5, 5.41) is 3.21. The van der Waals surface area contributed by atoms with Gasteiger partial charge in [0.1, 0.15) is 0 Å². The monoisotopic (exact) mass is 349 g/mol. The molecular weight excluding hydrogens is 326 g/mol. The Balaban J connectivity index is 1.32. The third-order valence-corrected chi connectivity index (χ3v) is 7.33. The van der Waals surface area contributed by atoms with Crippen molar-refractivity contribution in [2.45, 2.75) is 48.3 Å². The average molecular weight is 350 g/mol. The van der Waals surface area contributed by atoms with Gasteiger partial charge in [0.2, 0.25) is 5.91 Å². The van der Waals surface area contributed by atoms with E-state index in [1.54, 1.807) is 11.8 Å². The molecule has 1 aromatic rings. The van der Waals surface area contributed by atoms with Crippen LogP contribution in [0, 0.1) is 17.3 Å². The van der Waals surface area contributed by atoms with Crippen molar-refractivity contribution in [3.8, 4) is 0 Å². The van der Waals surface area contributed by atoms with Crippen LogP contribution in [0.25, 0.3) is 0 Å². The number of hydrogen-bond acceptors (Lipinski definition) is 2. The van der Waals surface area contributed by atoms with E-state index >= 15 is 0 Å². The number of carbonyl (C=O) groups is 1. The highest BCUT2D eigenvalue weighted by Gasteiger charge is 2.59. The van der Waals surface area contributed by atoms with Gasteiger partial charge in [-0.05, 0) is 62.5 Å². The topological polar surface area (TPSA) is 29.1 Å². The predicted octanol–water partition coefficient (Wildman–Crippen LogP) is 4.47. The van der Waals surface area contributed by atoms with Crippen LogP contribution in [-0.4, -0.2) is 23.1 Å². The molecule has 1 amide bonds. The summed E-state index contributed by atoms with van der Waals surface area (Å²) in [6.07, 6.45) is 6.58. The fourth-order valence-electron chi connectivity index (χ4n) is 5.45. The smallest absolute Gasteiger partial charge is 0.226 e. The highest BCUT2D eigenvalue weighted by Crippen LogP contribution is 2.63. The van der Waals surface area contributed by atoms with Crippen LogP contribution in [0.2, 0.25) is 0 Å². The van der Waals surface area contributed by atoms with Gasteiger partial charge in [-0.3, -0.25) is 4.79 Å². The lowest BCUT2D eigenvalue weighted by atomic mass is 9.49. The first kappa shape index (κ1) is 15.8. The highest BCUT2D eigenvalue weighted by molar-refractivity contribution is 7.99. The molecule has 0 unspecified atom stereocenters. The Morgan fingerprint density at radius 1 is 1.17 bits per heavy atom. The van der Waals surface area contributed by atoms with Crippen LogP contribution in [0.4, 0.5) is 0 Å². The summed E-state index contributed by atoms with van der Waals surface area (Å²) in [6, 6.07) is 10.4. The average Bonchev–Trinajstić information content (AvgIpc) is 2.50. The first-order valence-corrected chi connectivity index (χ1v) is 10.1. The number of hydrogen-bond donors (Lipinski definition) is 1. The van der Waals surface area contributed by atoms with Gasteiger partial charge in [0, 0.05) is 22.1 Å².